The van der Waals surface area contributed by atoms with Crippen LogP contribution in [0.3, 0.4) is 0 Å². The number of Topliss-reactive ketones (excluding diaryl/α,β-unsaturated/α-hetero) is 1. The zero-order valence-corrected chi connectivity index (χ0v) is 13.0. The summed E-state index contributed by atoms with van der Waals surface area (Å²) in [6, 6.07) is 13.7. The molecule has 2 atom stereocenters. The second kappa shape index (κ2) is 6.59. The largest absolute Gasteiger partial charge is 0.299 e. The molecule has 1 aliphatic rings. The Morgan fingerprint density at radius 3 is 2.52 bits per heavy atom. The van der Waals surface area contributed by atoms with Gasteiger partial charge >= 0.3 is 0 Å². The number of rotatable bonds is 3. The van der Waals surface area contributed by atoms with Crippen LogP contribution in [0.4, 0.5) is 8.78 Å². The first-order valence-corrected chi connectivity index (χ1v) is 7.80. The van der Waals surface area contributed by atoms with Crippen molar-refractivity contribution in [2.75, 3.05) is 6.54 Å². The molecule has 2 aromatic rings. The van der Waals surface area contributed by atoms with E-state index in [-0.39, 0.29) is 17.7 Å². The van der Waals surface area contributed by atoms with Crippen LogP contribution in [0, 0.1) is 17.6 Å². The minimum Gasteiger partial charge on any atom is -0.299 e. The van der Waals surface area contributed by atoms with E-state index in [1.165, 1.54) is 6.07 Å². The molecule has 0 bridgehead atoms. The van der Waals surface area contributed by atoms with Gasteiger partial charge in [-0.2, -0.15) is 0 Å². The Hall–Kier alpha value is -2.07. The van der Waals surface area contributed by atoms with Gasteiger partial charge in [0.2, 0.25) is 0 Å². The van der Waals surface area contributed by atoms with Crippen molar-refractivity contribution in [3.63, 3.8) is 0 Å². The third-order valence-corrected chi connectivity index (χ3v) is 4.45. The summed E-state index contributed by atoms with van der Waals surface area (Å²) in [6.45, 7) is 3.22. The number of hydrogen-bond acceptors (Lipinski definition) is 2. The van der Waals surface area contributed by atoms with E-state index in [0.717, 1.165) is 11.6 Å². The Kier molecular flexibility index (Phi) is 4.53. The molecule has 1 saturated heterocycles. The number of hydrogen-bond donors (Lipinski definition) is 0. The second-order valence-corrected chi connectivity index (χ2v) is 6.18. The van der Waals surface area contributed by atoms with Crippen LogP contribution < -0.4 is 0 Å². The predicted octanol–water partition coefficient (Wildman–Crippen LogP) is 4.12. The summed E-state index contributed by atoms with van der Waals surface area (Å²) in [6.07, 6.45) is 0.332. The second-order valence-electron chi connectivity index (χ2n) is 6.18. The highest BCUT2D eigenvalue weighted by Crippen LogP contribution is 2.33. The topological polar surface area (TPSA) is 20.3 Å². The first-order valence-electron chi connectivity index (χ1n) is 7.80. The van der Waals surface area contributed by atoms with Gasteiger partial charge in [-0.1, -0.05) is 43.3 Å². The Bertz CT molecular complexity index is 702. The summed E-state index contributed by atoms with van der Waals surface area (Å²) in [7, 11) is 0. The van der Waals surface area contributed by atoms with E-state index >= 15 is 0 Å². The monoisotopic (exact) mass is 315 g/mol. The zero-order chi connectivity index (χ0) is 16.4. The lowest BCUT2D eigenvalue weighted by Gasteiger charge is -2.38. The summed E-state index contributed by atoms with van der Waals surface area (Å²) in [5, 5.41) is 0. The fourth-order valence-corrected chi connectivity index (χ4v) is 3.14. The van der Waals surface area contributed by atoms with Crippen LogP contribution in [0.2, 0.25) is 0 Å². The van der Waals surface area contributed by atoms with E-state index < -0.39 is 11.6 Å². The van der Waals surface area contributed by atoms with Crippen LogP contribution in [0.25, 0.3) is 0 Å². The van der Waals surface area contributed by atoms with Crippen molar-refractivity contribution in [1.29, 1.82) is 0 Å². The summed E-state index contributed by atoms with van der Waals surface area (Å²) in [5.41, 5.74) is 1.79. The van der Waals surface area contributed by atoms with Crippen LogP contribution in [0.1, 0.15) is 30.5 Å². The normalized spacial score (nSPS) is 22.3. The molecule has 0 saturated carbocycles. The molecule has 2 nitrogen and oxygen atoms in total. The van der Waals surface area contributed by atoms with E-state index in [1.54, 1.807) is 6.07 Å². The highest BCUT2D eigenvalue weighted by atomic mass is 19.2. The standard InChI is InChI=1S/C19H19F2NO/c1-13-11-22(12-14-5-3-2-4-6-14)18(10-19(13)23)15-7-8-16(20)17(21)9-15/h2-9,13,18H,10-12H2,1H3/t13-,18-/m0/s1. The van der Waals surface area contributed by atoms with Crippen molar-refractivity contribution in [2.45, 2.75) is 25.9 Å². The van der Waals surface area contributed by atoms with Gasteiger partial charge < -0.3 is 0 Å². The number of likely N-dealkylation sites (tertiary alicyclic amines) is 1. The van der Waals surface area contributed by atoms with Crippen LogP contribution in [0.15, 0.2) is 48.5 Å². The molecule has 3 rings (SSSR count). The Morgan fingerprint density at radius 2 is 1.83 bits per heavy atom. The highest BCUT2D eigenvalue weighted by molar-refractivity contribution is 5.82. The third-order valence-electron chi connectivity index (χ3n) is 4.45. The molecule has 1 aliphatic heterocycles. The average molecular weight is 315 g/mol. The number of nitrogens with zero attached hydrogens (tertiary/aromatic N) is 1. The highest BCUT2D eigenvalue weighted by Gasteiger charge is 2.33. The van der Waals surface area contributed by atoms with Gasteiger partial charge in [-0.15, -0.1) is 0 Å². The number of benzene rings is 2. The molecule has 4 heteroatoms. The summed E-state index contributed by atoms with van der Waals surface area (Å²) in [4.78, 5) is 14.3. The molecule has 0 spiro atoms. The average Bonchev–Trinajstić information content (AvgIpc) is 2.54. The van der Waals surface area contributed by atoms with E-state index in [2.05, 4.69) is 4.90 Å². The number of piperidine rings is 1. The Morgan fingerprint density at radius 1 is 1.09 bits per heavy atom. The molecule has 0 radical (unpaired) electrons. The van der Waals surface area contributed by atoms with Crippen molar-refractivity contribution in [2.24, 2.45) is 5.92 Å². The van der Waals surface area contributed by atoms with Gasteiger partial charge in [0, 0.05) is 31.5 Å². The molecule has 2 aromatic carbocycles. The Labute approximate surface area is 134 Å². The van der Waals surface area contributed by atoms with Crippen molar-refractivity contribution in [3.05, 3.63) is 71.3 Å². The minimum atomic E-state index is -0.867. The first kappa shape index (κ1) is 15.8. The molecule has 1 heterocycles. The van der Waals surface area contributed by atoms with Gasteiger partial charge in [0.15, 0.2) is 11.6 Å². The lowest BCUT2D eigenvalue weighted by Crippen LogP contribution is -2.41. The molecular formula is C19H19F2NO. The van der Waals surface area contributed by atoms with E-state index in [9.17, 15) is 13.6 Å². The fraction of sp³-hybridized carbons (Fsp3) is 0.316. The fourth-order valence-electron chi connectivity index (χ4n) is 3.14. The van der Waals surface area contributed by atoms with E-state index in [0.29, 0.717) is 25.1 Å². The van der Waals surface area contributed by atoms with Crippen molar-refractivity contribution in [3.8, 4) is 0 Å². The maximum absolute atomic E-state index is 13.6. The third kappa shape index (κ3) is 3.48. The van der Waals surface area contributed by atoms with Gasteiger partial charge in [0.1, 0.15) is 5.78 Å². The summed E-state index contributed by atoms with van der Waals surface area (Å²) in [5.74, 6) is -1.60. The van der Waals surface area contributed by atoms with E-state index in [4.69, 9.17) is 0 Å². The summed E-state index contributed by atoms with van der Waals surface area (Å²) >= 11 is 0. The SMILES string of the molecule is C[C@H]1CN(Cc2ccccc2)[C@H](c2ccc(F)c(F)c2)CC1=O. The van der Waals surface area contributed by atoms with Crippen molar-refractivity contribution < 1.29 is 13.6 Å². The molecule has 120 valence electrons. The number of carbonyl (C=O) groups is 1. The Balaban J connectivity index is 1.89. The summed E-state index contributed by atoms with van der Waals surface area (Å²) < 4.78 is 26.8. The van der Waals surface area contributed by atoms with Crippen molar-refractivity contribution >= 4 is 5.78 Å². The smallest absolute Gasteiger partial charge is 0.159 e. The number of carbonyl (C=O) groups excluding carboxylic acids is 1. The van der Waals surface area contributed by atoms with Crippen LogP contribution >= 0.6 is 0 Å². The minimum absolute atomic E-state index is 0.0414. The zero-order valence-electron chi connectivity index (χ0n) is 13.0. The predicted molar refractivity (Wildman–Crippen MR) is 84.7 cm³/mol. The van der Waals surface area contributed by atoms with Crippen molar-refractivity contribution in [1.82, 2.24) is 4.90 Å². The van der Waals surface area contributed by atoms with Crippen LogP contribution in [-0.4, -0.2) is 17.2 Å². The number of ketones is 1. The lowest BCUT2D eigenvalue weighted by atomic mass is 9.88. The molecular weight excluding hydrogens is 296 g/mol. The van der Waals surface area contributed by atoms with Gasteiger partial charge in [0.05, 0.1) is 0 Å². The van der Waals surface area contributed by atoms with Gasteiger partial charge in [0.25, 0.3) is 0 Å². The van der Waals surface area contributed by atoms with Gasteiger partial charge in [-0.3, -0.25) is 9.69 Å². The lowest BCUT2D eigenvalue weighted by molar-refractivity contribution is -0.128. The molecule has 0 N–H and O–H groups in total. The van der Waals surface area contributed by atoms with Gasteiger partial charge in [-0.05, 0) is 23.3 Å². The molecule has 0 aromatic heterocycles. The maximum Gasteiger partial charge on any atom is 0.159 e. The first-order chi connectivity index (χ1) is 11.0. The van der Waals surface area contributed by atoms with E-state index in [1.807, 2.05) is 37.3 Å². The molecule has 0 aliphatic carbocycles. The molecule has 23 heavy (non-hydrogen) atoms. The molecule has 0 unspecified atom stereocenters. The quantitative estimate of drug-likeness (QED) is 0.849. The van der Waals surface area contributed by atoms with Crippen LogP contribution in [0.5, 0.6) is 0 Å². The molecule has 1 fully saturated rings. The molecule has 0 amide bonds. The van der Waals surface area contributed by atoms with Gasteiger partial charge in [-0.25, -0.2) is 8.78 Å². The number of halogens is 2. The van der Waals surface area contributed by atoms with Crippen LogP contribution in [-0.2, 0) is 11.3 Å². The maximum atomic E-state index is 13.6.